The number of hydrogen-bond acceptors (Lipinski definition) is 2. The quantitative estimate of drug-likeness (QED) is 0.292. The summed E-state index contributed by atoms with van der Waals surface area (Å²) in [6, 6.07) is 16.6. The lowest BCUT2D eigenvalue weighted by atomic mass is 9.79. The highest BCUT2D eigenvalue weighted by Gasteiger charge is 2.24. The summed E-state index contributed by atoms with van der Waals surface area (Å²) >= 11 is 0. The minimum Gasteiger partial charge on any atom is -0.488 e. The van der Waals surface area contributed by atoms with Crippen LogP contribution in [0.15, 0.2) is 60.3 Å². The molecule has 0 heterocycles. The summed E-state index contributed by atoms with van der Waals surface area (Å²) in [4.78, 5) is 12.8. The largest absolute Gasteiger partial charge is 0.488 e. The van der Waals surface area contributed by atoms with E-state index in [1.807, 2.05) is 24.3 Å². The fourth-order valence-corrected chi connectivity index (χ4v) is 4.11. The monoisotopic (exact) mass is 416 g/mol. The van der Waals surface area contributed by atoms with Crippen molar-refractivity contribution >= 4 is 11.4 Å². The lowest BCUT2D eigenvalue weighted by Gasteiger charge is -2.27. The van der Waals surface area contributed by atoms with Gasteiger partial charge in [-0.1, -0.05) is 82.9 Å². The summed E-state index contributed by atoms with van der Waals surface area (Å²) in [5.41, 5.74) is 7.23. The first-order valence-electron chi connectivity index (χ1n) is 11.8. The van der Waals surface area contributed by atoms with E-state index in [0.29, 0.717) is 18.6 Å². The van der Waals surface area contributed by atoms with Crippen LogP contribution in [-0.4, -0.2) is 5.78 Å². The second-order valence-electron chi connectivity index (χ2n) is 9.22. The van der Waals surface area contributed by atoms with Crippen molar-refractivity contribution in [3.05, 3.63) is 77.0 Å². The van der Waals surface area contributed by atoms with E-state index in [0.717, 1.165) is 36.1 Å². The van der Waals surface area contributed by atoms with Crippen molar-refractivity contribution in [2.75, 3.05) is 0 Å². The third kappa shape index (κ3) is 6.45. The van der Waals surface area contributed by atoms with Crippen molar-refractivity contribution in [3.63, 3.8) is 0 Å². The molecule has 0 radical (unpaired) electrons. The lowest BCUT2D eigenvalue weighted by molar-refractivity contribution is -0.113. The van der Waals surface area contributed by atoms with Crippen LogP contribution in [0.5, 0.6) is 5.75 Å². The molecule has 0 spiro atoms. The van der Waals surface area contributed by atoms with Crippen LogP contribution in [0.25, 0.3) is 5.57 Å². The molecule has 0 unspecified atom stereocenters. The summed E-state index contributed by atoms with van der Waals surface area (Å²) < 4.78 is 6.32. The molecule has 2 aromatic carbocycles. The molecule has 0 aliphatic heterocycles. The molecule has 1 aliphatic rings. The van der Waals surface area contributed by atoms with E-state index >= 15 is 0 Å². The molecule has 0 bridgehead atoms. The van der Waals surface area contributed by atoms with Gasteiger partial charge >= 0.3 is 0 Å². The molecule has 3 rings (SSSR count). The number of benzene rings is 2. The van der Waals surface area contributed by atoms with Crippen LogP contribution in [0.1, 0.15) is 88.8 Å². The van der Waals surface area contributed by atoms with Crippen molar-refractivity contribution in [1.29, 1.82) is 0 Å². The highest BCUT2D eigenvalue weighted by molar-refractivity contribution is 6.21. The van der Waals surface area contributed by atoms with E-state index in [9.17, 15) is 4.79 Å². The number of allylic oxidation sites excluding steroid dienone is 1. The van der Waals surface area contributed by atoms with Gasteiger partial charge in [-0.3, -0.25) is 4.79 Å². The standard InChI is InChI=1S/C29H36O2/c1-4-5-6-13-20-29(2,3)24-18-19-26(25-16-11-8-12-17-27(25)30)28(21-24)31-22-23-14-9-7-10-15-23/h7,9-11,14-15,18-19,21H,4-6,8,12-13,17,20,22H2,1-3H3. The number of ketones is 1. The molecular formula is C29H36O2. The first-order chi connectivity index (χ1) is 15.0. The molecule has 0 amide bonds. The Morgan fingerprint density at radius 1 is 1.03 bits per heavy atom. The summed E-state index contributed by atoms with van der Waals surface area (Å²) in [5, 5.41) is 0. The van der Waals surface area contributed by atoms with Gasteiger partial charge in [0, 0.05) is 12.0 Å². The maximum absolute atomic E-state index is 12.8. The zero-order valence-electron chi connectivity index (χ0n) is 19.4. The number of carbonyl (C=O) groups is 1. The molecule has 31 heavy (non-hydrogen) atoms. The van der Waals surface area contributed by atoms with Gasteiger partial charge in [0.15, 0.2) is 5.78 Å². The van der Waals surface area contributed by atoms with Crippen LogP contribution >= 0.6 is 0 Å². The van der Waals surface area contributed by atoms with Crippen molar-refractivity contribution in [1.82, 2.24) is 0 Å². The van der Waals surface area contributed by atoms with E-state index in [4.69, 9.17) is 4.74 Å². The maximum atomic E-state index is 12.8. The number of Topliss-reactive ketones (excluding diaryl/α,β-unsaturated/α-hetero) is 1. The minimum absolute atomic E-state index is 0.0643. The van der Waals surface area contributed by atoms with E-state index in [2.05, 4.69) is 56.8 Å². The first kappa shape index (κ1) is 23.1. The third-order valence-electron chi connectivity index (χ3n) is 6.20. The predicted octanol–water partition coefficient (Wildman–Crippen LogP) is 7.81. The molecule has 0 saturated carbocycles. The normalized spacial score (nSPS) is 14.3. The number of unbranched alkanes of at least 4 members (excludes halogenated alkanes) is 3. The average molecular weight is 417 g/mol. The van der Waals surface area contributed by atoms with Crippen molar-refractivity contribution in [2.24, 2.45) is 0 Å². The minimum atomic E-state index is 0.0643. The van der Waals surface area contributed by atoms with E-state index in [-0.39, 0.29) is 11.2 Å². The molecule has 0 atom stereocenters. The zero-order chi connectivity index (χ0) is 22.1. The van der Waals surface area contributed by atoms with Gasteiger partial charge in [-0.2, -0.15) is 0 Å². The summed E-state index contributed by atoms with van der Waals surface area (Å²) in [7, 11) is 0. The molecule has 2 heteroatoms. The molecule has 164 valence electrons. The Balaban J connectivity index is 1.91. The topological polar surface area (TPSA) is 26.3 Å². The summed E-state index contributed by atoms with van der Waals surface area (Å²) in [6.45, 7) is 7.35. The second-order valence-corrected chi connectivity index (χ2v) is 9.22. The molecule has 0 saturated heterocycles. The number of rotatable bonds is 10. The molecule has 2 nitrogen and oxygen atoms in total. The Hall–Kier alpha value is -2.57. The third-order valence-corrected chi connectivity index (χ3v) is 6.20. The molecule has 0 aromatic heterocycles. The molecular weight excluding hydrogens is 380 g/mol. The van der Waals surface area contributed by atoms with Crippen molar-refractivity contribution in [2.45, 2.75) is 84.2 Å². The van der Waals surface area contributed by atoms with Crippen molar-refractivity contribution in [3.8, 4) is 5.75 Å². The van der Waals surface area contributed by atoms with Crippen LogP contribution in [-0.2, 0) is 16.8 Å². The molecule has 2 aromatic rings. The summed E-state index contributed by atoms with van der Waals surface area (Å²) in [5.74, 6) is 0.944. The van der Waals surface area contributed by atoms with Crippen LogP contribution < -0.4 is 4.74 Å². The molecule has 0 N–H and O–H groups in total. The Morgan fingerprint density at radius 2 is 1.84 bits per heavy atom. The van der Waals surface area contributed by atoms with Gasteiger partial charge in [0.1, 0.15) is 12.4 Å². The highest BCUT2D eigenvalue weighted by atomic mass is 16.5. The predicted molar refractivity (Wildman–Crippen MR) is 129 cm³/mol. The van der Waals surface area contributed by atoms with Crippen LogP contribution in [0.3, 0.4) is 0 Å². The number of hydrogen-bond donors (Lipinski definition) is 0. The Morgan fingerprint density at radius 3 is 2.61 bits per heavy atom. The van der Waals surface area contributed by atoms with Gasteiger partial charge in [-0.25, -0.2) is 0 Å². The van der Waals surface area contributed by atoms with E-state index in [1.54, 1.807) is 0 Å². The van der Waals surface area contributed by atoms with Crippen LogP contribution in [0.4, 0.5) is 0 Å². The number of carbonyl (C=O) groups excluding carboxylic acids is 1. The van der Waals surface area contributed by atoms with Gasteiger partial charge in [-0.05, 0) is 54.0 Å². The van der Waals surface area contributed by atoms with E-state index < -0.39 is 0 Å². The molecule has 1 aliphatic carbocycles. The van der Waals surface area contributed by atoms with E-state index in [1.165, 1.54) is 31.2 Å². The Bertz CT molecular complexity index is 930. The fraction of sp³-hybridized carbons (Fsp3) is 0.448. The smallest absolute Gasteiger partial charge is 0.171 e. The lowest BCUT2D eigenvalue weighted by Crippen LogP contribution is -2.17. The van der Waals surface area contributed by atoms with Crippen molar-refractivity contribution < 1.29 is 9.53 Å². The Kier molecular flexibility index (Phi) is 8.32. The second kappa shape index (κ2) is 11.2. The van der Waals surface area contributed by atoms with Crippen LogP contribution in [0, 0.1) is 0 Å². The fourth-order valence-electron chi connectivity index (χ4n) is 4.11. The zero-order valence-corrected chi connectivity index (χ0v) is 19.4. The first-order valence-corrected chi connectivity index (χ1v) is 11.8. The maximum Gasteiger partial charge on any atom is 0.171 e. The van der Waals surface area contributed by atoms with Gasteiger partial charge < -0.3 is 4.74 Å². The highest BCUT2D eigenvalue weighted by Crippen LogP contribution is 2.36. The summed E-state index contributed by atoms with van der Waals surface area (Å²) in [6.07, 6.45) is 10.6. The Labute approximate surface area is 188 Å². The molecule has 0 fully saturated rings. The van der Waals surface area contributed by atoms with Gasteiger partial charge in [0.2, 0.25) is 0 Å². The van der Waals surface area contributed by atoms with Gasteiger partial charge in [0.05, 0.1) is 5.57 Å². The van der Waals surface area contributed by atoms with Crippen LogP contribution in [0.2, 0.25) is 0 Å². The van der Waals surface area contributed by atoms with Gasteiger partial charge in [-0.15, -0.1) is 5.73 Å². The SMILES string of the molecule is CCCCCCC(C)(C)c1ccc(C2=C=CCCCC2=O)c(OCc2ccccc2)c1. The average Bonchev–Trinajstić information content (AvgIpc) is 3.00. The number of ether oxygens (including phenoxy) is 1. The van der Waals surface area contributed by atoms with Gasteiger partial charge in [0.25, 0.3) is 0 Å².